The molecule has 2 aromatic carbocycles. The molecule has 0 aliphatic rings. The van der Waals surface area contributed by atoms with Gasteiger partial charge in [-0.3, -0.25) is 4.79 Å². The molecule has 0 fully saturated rings. The summed E-state index contributed by atoms with van der Waals surface area (Å²) in [4.78, 5) is 21.6. The van der Waals surface area contributed by atoms with Gasteiger partial charge in [0.05, 0.1) is 12.1 Å². The molecule has 2 N–H and O–H groups in total. The summed E-state index contributed by atoms with van der Waals surface area (Å²) in [6.45, 7) is 4.27. The molecule has 0 radical (unpaired) electrons. The van der Waals surface area contributed by atoms with E-state index in [9.17, 15) is 4.79 Å². The molecule has 0 unspecified atom stereocenters. The van der Waals surface area contributed by atoms with Crippen LogP contribution in [-0.4, -0.2) is 15.9 Å². The lowest BCUT2D eigenvalue weighted by Gasteiger charge is -2.11. The molecule has 0 aliphatic heterocycles. The molecule has 6 heteroatoms. The molecule has 4 rings (SSSR count). The Balaban J connectivity index is 1.61. The van der Waals surface area contributed by atoms with E-state index in [1.807, 2.05) is 55.5 Å². The molecule has 4 aromatic rings. The van der Waals surface area contributed by atoms with Crippen LogP contribution in [0.2, 0.25) is 0 Å². The number of carbonyl (C=O) groups is 1. The summed E-state index contributed by atoms with van der Waals surface area (Å²) < 4.78 is 5.49. The molecule has 29 heavy (non-hydrogen) atoms. The molecule has 0 spiro atoms. The molecular formula is C23H22N4O2. The lowest BCUT2D eigenvalue weighted by Crippen LogP contribution is -2.25. The lowest BCUT2D eigenvalue weighted by molar-refractivity contribution is 0.0938. The van der Waals surface area contributed by atoms with Crippen LogP contribution in [0.4, 0.5) is 11.5 Å². The predicted octanol–water partition coefficient (Wildman–Crippen LogP) is 4.77. The monoisotopic (exact) mass is 386 g/mol. The Labute approximate surface area is 169 Å². The van der Waals surface area contributed by atoms with Crippen molar-refractivity contribution in [1.29, 1.82) is 0 Å². The third kappa shape index (κ3) is 4.27. The minimum absolute atomic E-state index is 0.111. The fraction of sp³-hybridized carbons (Fsp3) is 0.174. The number of furan rings is 1. The molecule has 0 atom stereocenters. The highest BCUT2D eigenvalue weighted by molar-refractivity contribution is 5.97. The van der Waals surface area contributed by atoms with E-state index in [-0.39, 0.29) is 18.3 Å². The average Bonchev–Trinajstić information content (AvgIpc) is 3.17. The number of hydrogen-bond acceptors (Lipinski definition) is 5. The zero-order valence-electron chi connectivity index (χ0n) is 16.4. The van der Waals surface area contributed by atoms with Gasteiger partial charge in [0.1, 0.15) is 17.3 Å². The first kappa shape index (κ1) is 18.7. The second kappa shape index (κ2) is 8.14. The van der Waals surface area contributed by atoms with Crippen molar-refractivity contribution >= 4 is 28.3 Å². The third-order valence-electron chi connectivity index (χ3n) is 4.65. The van der Waals surface area contributed by atoms with Gasteiger partial charge in [-0.05, 0) is 55.3 Å². The standard InChI is InChI=1S/C23H22N4O2/c1-3-16-9-11-17(12-10-16)25-21-19-6-4-5-7-20(19)26-22(27-21)23(28)24-14-18-13-8-15(2)29-18/h4-13H,3,14H2,1-2H3,(H,24,28)(H,25,26,27). The van der Waals surface area contributed by atoms with Crippen LogP contribution in [0.5, 0.6) is 0 Å². The van der Waals surface area contributed by atoms with Crippen LogP contribution in [0, 0.1) is 6.92 Å². The Kier molecular flexibility index (Phi) is 5.24. The Bertz CT molecular complexity index is 1150. The van der Waals surface area contributed by atoms with Gasteiger partial charge in [-0.15, -0.1) is 0 Å². The van der Waals surface area contributed by atoms with Gasteiger partial charge >= 0.3 is 0 Å². The molecule has 0 bridgehead atoms. The summed E-state index contributed by atoms with van der Waals surface area (Å²) in [5.41, 5.74) is 2.87. The second-order valence-electron chi connectivity index (χ2n) is 6.78. The highest BCUT2D eigenvalue weighted by atomic mass is 16.3. The number of nitrogens with zero attached hydrogens (tertiary/aromatic N) is 2. The number of carbonyl (C=O) groups excluding carboxylic acids is 1. The molecule has 146 valence electrons. The van der Waals surface area contributed by atoms with Crippen molar-refractivity contribution in [1.82, 2.24) is 15.3 Å². The van der Waals surface area contributed by atoms with Gasteiger partial charge in [0.15, 0.2) is 0 Å². The summed E-state index contributed by atoms with van der Waals surface area (Å²) >= 11 is 0. The summed E-state index contributed by atoms with van der Waals surface area (Å²) in [5, 5.41) is 6.99. The average molecular weight is 386 g/mol. The van der Waals surface area contributed by atoms with Crippen LogP contribution in [0.15, 0.2) is 65.1 Å². The number of aromatic nitrogens is 2. The molecule has 2 heterocycles. The molecule has 0 saturated heterocycles. The minimum atomic E-state index is -0.353. The molecule has 0 saturated carbocycles. The quantitative estimate of drug-likeness (QED) is 0.499. The van der Waals surface area contributed by atoms with Gasteiger partial charge < -0.3 is 15.1 Å². The topological polar surface area (TPSA) is 80.0 Å². The third-order valence-corrected chi connectivity index (χ3v) is 4.65. The normalized spacial score (nSPS) is 10.8. The van der Waals surface area contributed by atoms with Gasteiger partial charge in [-0.1, -0.05) is 31.2 Å². The van der Waals surface area contributed by atoms with E-state index < -0.39 is 0 Å². The summed E-state index contributed by atoms with van der Waals surface area (Å²) in [7, 11) is 0. The number of rotatable bonds is 6. The largest absolute Gasteiger partial charge is 0.465 e. The summed E-state index contributed by atoms with van der Waals surface area (Å²) in [6.07, 6.45) is 0.982. The number of hydrogen-bond donors (Lipinski definition) is 2. The minimum Gasteiger partial charge on any atom is -0.465 e. The smallest absolute Gasteiger partial charge is 0.289 e. The SMILES string of the molecule is CCc1ccc(Nc2nc(C(=O)NCc3ccc(C)o3)nc3ccccc23)cc1. The number of anilines is 2. The van der Waals surface area contributed by atoms with Gasteiger partial charge in [-0.25, -0.2) is 9.97 Å². The van der Waals surface area contributed by atoms with Crippen LogP contribution in [0.3, 0.4) is 0 Å². The lowest BCUT2D eigenvalue weighted by atomic mass is 10.1. The second-order valence-corrected chi connectivity index (χ2v) is 6.78. The maximum Gasteiger partial charge on any atom is 0.289 e. The van der Waals surface area contributed by atoms with Gasteiger partial charge in [0, 0.05) is 11.1 Å². The van der Waals surface area contributed by atoms with E-state index >= 15 is 0 Å². The van der Waals surface area contributed by atoms with Crippen molar-refractivity contribution in [2.24, 2.45) is 0 Å². The van der Waals surface area contributed by atoms with Crippen LogP contribution in [0.25, 0.3) is 10.9 Å². The highest BCUT2D eigenvalue weighted by Gasteiger charge is 2.14. The van der Waals surface area contributed by atoms with E-state index in [2.05, 4.69) is 39.7 Å². The number of nitrogens with one attached hydrogen (secondary N) is 2. The van der Waals surface area contributed by atoms with E-state index in [0.29, 0.717) is 17.1 Å². The number of para-hydroxylation sites is 1. The first-order chi connectivity index (χ1) is 14.1. The molecular weight excluding hydrogens is 364 g/mol. The number of fused-ring (bicyclic) bond motifs is 1. The Morgan fingerprint density at radius 1 is 1.00 bits per heavy atom. The zero-order chi connectivity index (χ0) is 20.2. The van der Waals surface area contributed by atoms with E-state index in [1.54, 1.807) is 0 Å². The highest BCUT2D eigenvalue weighted by Crippen LogP contribution is 2.24. The van der Waals surface area contributed by atoms with Crippen LogP contribution < -0.4 is 10.6 Å². The molecule has 1 amide bonds. The maximum atomic E-state index is 12.7. The maximum absolute atomic E-state index is 12.7. The number of benzene rings is 2. The number of aryl methyl sites for hydroxylation is 2. The molecule has 6 nitrogen and oxygen atoms in total. The van der Waals surface area contributed by atoms with Crippen molar-refractivity contribution < 1.29 is 9.21 Å². The number of amides is 1. The molecule has 0 aliphatic carbocycles. The summed E-state index contributed by atoms with van der Waals surface area (Å²) in [6, 6.07) is 19.5. The Hall–Kier alpha value is -3.67. The van der Waals surface area contributed by atoms with Crippen molar-refractivity contribution in [3.8, 4) is 0 Å². The van der Waals surface area contributed by atoms with E-state index in [0.717, 1.165) is 23.3 Å². The van der Waals surface area contributed by atoms with Crippen LogP contribution in [0.1, 0.15) is 34.6 Å². The first-order valence-electron chi connectivity index (χ1n) is 9.58. The first-order valence-corrected chi connectivity index (χ1v) is 9.58. The van der Waals surface area contributed by atoms with Crippen LogP contribution in [-0.2, 0) is 13.0 Å². The van der Waals surface area contributed by atoms with Crippen molar-refractivity contribution in [2.75, 3.05) is 5.32 Å². The van der Waals surface area contributed by atoms with Crippen molar-refractivity contribution in [3.05, 3.63) is 83.6 Å². The predicted molar refractivity (Wildman–Crippen MR) is 113 cm³/mol. The zero-order valence-corrected chi connectivity index (χ0v) is 16.4. The van der Waals surface area contributed by atoms with Gasteiger partial charge in [0.25, 0.3) is 5.91 Å². The van der Waals surface area contributed by atoms with Gasteiger partial charge in [-0.2, -0.15) is 0 Å². The Morgan fingerprint density at radius 3 is 2.52 bits per heavy atom. The fourth-order valence-electron chi connectivity index (χ4n) is 3.06. The van der Waals surface area contributed by atoms with Crippen LogP contribution >= 0.6 is 0 Å². The van der Waals surface area contributed by atoms with Crippen molar-refractivity contribution in [2.45, 2.75) is 26.8 Å². The van der Waals surface area contributed by atoms with Crippen molar-refractivity contribution in [3.63, 3.8) is 0 Å². The Morgan fingerprint density at radius 2 is 1.79 bits per heavy atom. The fourth-order valence-corrected chi connectivity index (χ4v) is 3.06. The molecule has 2 aromatic heterocycles. The van der Waals surface area contributed by atoms with E-state index in [4.69, 9.17) is 4.42 Å². The van der Waals surface area contributed by atoms with Gasteiger partial charge in [0.2, 0.25) is 5.82 Å². The van der Waals surface area contributed by atoms with E-state index in [1.165, 1.54) is 5.56 Å². The summed E-state index contributed by atoms with van der Waals surface area (Å²) in [5.74, 6) is 1.84.